The number of hydrogen-bond donors (Lipinski definition) is 4. The molecule has 52 heavy (non-hydrogen) atoms. The van der Waals surface area contributed by atoms with Crippen LogP contribution in [0.1, 0.15) is 97.9 Å². The molecule has 0 bridgehead atoms. The molecule has 264 valence electrons. The summed E-state index contributed by atoms with van der Waals surface area (Å²) >= 11 is 20.0. The third-order valence-corrected chi connectivity index (χ3v) is 11.8. The molecule has 0 aliphatic carbocycles. The van der Waals surface area contributed by atoms with Crippen LogP contribution >= 0.6 is 50.5 Å². The van der Waals surface area contributed by atoms with Crippen LogP contribution in [-0.2, 0) is 12.8 Å². The van der Waals surface area contributed by atoms with Crippen LogP contribution in [0.3, 0.4) is 0 Å². The Morgan fingerprint density at radius 1 is 0.462 bits per heavy atom. The number of fused-ring (bicyclic) bond motifs is 4. The lowest BCUT2D eigenvalue weighted by molar-refractivity contribution is 0.795. The predicted octanol–water partition coefficient (Wildman–Crippen LogP) is 9.17. The number of thiol groups is 4. The van der Waals surface area contributed by atoms with Crippen LogP contribution < -0.4 is 32.8 Å². The van der Waals surface area contributed by atoms with Gasteiger partial charge in [-0.05, 0) is 86.1 Å². The van der Waals surface area contributed by atoms with E-state index < -0.39 is 0 Å². The highest BCUT2D eigenvalue weighted by Crippen LogP contribution is 2.25. The molecule has 0 unspecified atom stereocenters. The highest BCUT2D eigenvalue weighted by Gasteiger charge is 2.36. The van der Waals surface area contributed by atoms with Crippen LogP contribution in [0.2, 0.25) is 0 Å². The molecule has 0 radical (unpaired) electrons. The van der Waals surface area contributed by atoms with Gasteiger partial charge in [-0.2, -0.15) is 0 Å². The van der Waals surface area contributed by atoms with Gasteiger partial charge in [-0.1, -0.05) is 168 Å². The van der Waals surface area contributed by atoms with Crippen molar-refractivity contribution in [3.8, 4) is 0 Å². The molecule has 5 aromatic rings. The standard InChI is InChI=1S/C44H44B2S4.C2H6/c1-5-7-9-33-21-35(47)25-41(49)43(33)45-37-19-27(3)11-13-29(37)15-17-31-24-40-32(23-39(31)45)18-16-30-14-12-28(4)20-38(30)46(40)44-34(10-8-6-2)22-36(48)26-42(44)50;1-2/h11-26,47-50H,5-10H2,1-4H3;1-2H3. The Balaban J connectivity index is 0.00000228. The molecule has 7 rings (SSSR count). The van der Waals surface area contributed by atoms with Crippen molar-refractivity contribution in [3.63, 3.8) is 0 Å². The third-order valence-electron chi connectivity index (χ3n) is 10.5. The summed E-state index contributed by atoms with van der Waals surface area (Å²) in [5.74, 6) is 0. The number of rotatable bonds is 8. The van der Waals surface area contributed by atoms with Crippen molar-refractivity contribution >= 4 is 121 Å². The van der Waals surface area contributed by atoms with Crippen LogP contribution in [0, 0.1) is 13.8 Å². The van der Waals surface area contributed by atoms with Crippen molar-refractivity contribution in [2.24, 2.45) is 0 Å². The predicted molar refractivity (Wildman–Crippen MR) is 246 cm³/mol. The molecule has 0 atom stereocenters. The zero-order chi connectivity index (χ0) is 37.1. The molecular formula is C46H50B2S4. The van der Waals surface area contributed by atoms with E-state index in [1.165, 1.54) is 77.3 Å². The van der Waals surface area contributed by atoms with Crippen LogP contribution in [0.15, 0.2) is 92.4 Å². The third kappa shape index (κ3) is 7.83. The fourth-order valence-corrected chi connectivity index (χ4v) is 9.74. The molecule has 2 aliphatic heterocycles. The minimum atomic E-state index is 0.0252. The van der Waals surface area contributed by atoms with E-state index >= 15 is 0 Å². The van der Waals surface area contributed by atoms with Gasteiger partial charge in [0.1, 0.15) is 0 Å². The normalized spacial score (nSPS) is 12.7. The molecule has 0 nitrogen and oxygen atoms in total. The maximum absolute atomic E-state index is 5.20. The molecule has 0 N–H and O–H groups in total. The summed E-state index contributed by atoms with van der Waals surface area (Å²) in [7, 11) is 0. The Bertz CT molecular complexity index is 2030. The average molecular weight is 753 g/mol. The largest absolute Gasteiger partial charge is 0.244 e. The first-order valence-electron chi connectivity index (χ1n) is 19.0. The molecule has 0 saturated carbocycles. The van der Waals surface area contributed by atoms with Crippen molar-refractivity contribution in [1.82, 2.24) is 0 Å². The van der Waals surface area contributed by atoms with Gasteiger partial charge in [0.05, 0.1) is 0 Å². The van der Waals surface area contributed by atoms with Crippen molar-refractivity contribution in [2.45, 2.75) is 99.6 Å². The molecular weight excluding hydrogens is 702 g/mol. The molecule has 0 amide bonds. The summed E-state index contributed by atoms with van der Waals surface area (Å²) in [6, 6.07) is 27.6. The first-order chi connectivity index (χ1) is 25.2. The zero-order valence-electron chi connectivity index (χ0n) is 31.4. The minimum Gasteiger partial charge on any atom is -0.144 e. The van der Waals surface area contributed by atoms with Crippen molar-refractivity contribution in [2.75, 3.05) is 0 Å². The average Bonchev–Trinajstić information content (AvgIpc) is 3.36. The van der Waals surface area contributed by atoms with E-state index in [0.717, 1.165) is 58.1 Å². The van der Waals surface area contributed by atoms with Crippen molar-refractivity contribution in [1.29, 1.82) is 0 Å². The lowest BCUT2D eigenvalue weighted by Crippen LogP contribution is -2.58. The van der Waals surface area contributed by atoms with Gasteiger partial charge in [0.2, 0.25) is 13.4 Å². The Morgan fingerprint density at radius 3 is 1.21 bits per heavy atom. The second-order valence-electron chi connectivity index (χ2n) is 14.2. The number of aryl methyl sites for hydroxylation is 4. The lowest BCUT2D eigenvalue weighted by Gasteiger charge is -2.27. The highest BCUT2D eigenvalue weighted by atomic mass is 32.1. The van der Waals surface area contributed by atoms with E-state index in [-0.39, 0.29) is 13.4 Å². The van der Waals surface area contributed by atoms with Gasteiger partial charge in [-0.15, -0.1) is 50.5 Å². The monoisotopic (exact) mass is 752 g/mol. The lowest BCUT2D eigenvalue weighted by atomic mass is 9.32. The van der Waals surface area contributed by atoms with Crippen LogP contribution in [0.5, 0.6) is 0 Å². The molecule has 6 heteroatoms. The Hall–Kier alpha value is -2.89. The molecule has 0 saturated heterocycles. The van der Waals surface area contributed by atoms with Crippen LogP contribution in [-0.4, -0.2) is 13.4 Å². The number of benzene rings is 5. The molecule has 2 heterocycles. The summed E-state index contributed by atoms with van der Waals surface area (Å²) in [6.45, 7) is 13.0. The quantitative estimate of drug-likeness (QED) is 0.0865. The fraction of sp³-hybridized carbons (Fsp3) is 0.261. The van der Waals surface area contributed by atoms with Gasteiger partial charge in [-0.25, -0.2) is 0 Å². The molecule has 0 aromatic heterocycles. The van der Waals surface area contributed by atoms with Gasteiger partial charge in [0.15, 0.2) is 0 Å². The summed E-state index contributed by atoms with van der Waals surface area (Å²) in [6.07, 6.45) is 15.9. The first-order valence-corrected chi connectivity index (χ1v) is 20.8. The topological polar surface area (TPSA) is 0 Å². The molecule has 0 fully saturated rings. The smallest absolute Gasteiger partial charge is 0.144 e. The van der Waals surface area contributed by atoms with E-state index in [9.17, 15) is 0 Å². The van der Waals surface area contributed by atoms with Gasteiger partial charge in [-0.3, -0.25) is 0 Å². The van der Waals surface area contributed by atoms with Crippen molar-refractivity contribution in [3.05, 3.63) is 117 Å². The molecule has 5 aromatic carbocycles. The SMILES string of the molecule is CC.CCCCc1cc(S)cc(S)c1B1c2cc(C)ccc2C=Cc2cc3c(cc21)C=Cc1ccc(C)cc1B3c1c(S)cc(S)cc1CCCC. The maximum atomic E-state index is 5.20. The zero-order valence-corrected chi connectivity index (χ0v) is 35.0. The van der Waals surface area contributed by atoms with E-state index in [4.69, 9.17) is 50.5 Å². The summed E-state index contributed by atoms with van der Waals surface area (Å²) in [4.78, 5) is 3.95. The van der Waals surface area contributed by atoms with E-state index in [1.807, 2.05) is 13.8 Å². The highest BCUT2D eigenvalue weighted by molar-refractivity contribution is 7.81. The second kappa shape index (κ2) is 17.1. The van der Waals surface area contributed by atoms with Crippen LogP contribution in [0.25, 0.3) is 24.3 Å². The van der Waals surface area contributed by atoms with Gasteiger partial charge >= 0.3 is 0 Å². The Labute approximate surface area is 335 Å². The van der Waals surface area contributed by atoms with Gasteiger partial charge in [0, 0.05) is 19.6 Å². The Morgan fingerprint density at radius 2 is 0.827 bits per heavy atom. The molecule has 0 spiro atoms. The Kier molecular flexibility index (Phi) is 12.7. The summed E-state index contributed by atoms with van der Waals surface area (Å²) in [5, 5.41) is 0. The van der Waals surface area contributed by atoms with Gasteiger partial charge in [0.25, 0.3) is 0 Å². The van der Waals surface area contributed by atoms with Gasteiger partial charge < -0.3 is 0 Å². The maximum Gasteiger partial charge on any atom is 0.244 e. The minimum absolute atomic E-state index is 0.0252. The van der Waals surface area contributed by atoms with Crippen LogP contribution in [0.4, 0.5) is 0 Å². The summed E-state index contributed by atoms with van der Waals surface area (Å²) < 4.78 is 0. The van der Waals surface area contributed by atoms with E-state index in [2.05, 4.69) is 125 Å². The number of unbranched alkanes of at least 4 members (excludes halogenated alkanes) is 2. The number of hydrogen-bond acceptors (Lipinski definition) is 4. The summed E-state index contributed by atoms with van der Waals surface area (Å²) in [5.41, 5.74) is 18.1. The molecule has 2 aliphatic rings. The van der Waals surface area contributed by atoms with E-state index in [0.29, 0.717) is 0 Å². The first kappa shape index (κ1) is 38.8. The van der Waals surface area contributed by atoms with E-state index in [1.54, 1.807) is 0 Å². The second-order valence-corrected chi connectivity index (χ2v) is 16.2. The fourth-order valence-electron chi connectivity index (χ4n) is 8.14. The van der Waals surface area contributed by atoms with Crippen molar-refractivity contribution < 1.29 is 0 Å².